The van der Waals surface area contributed by atoms with Crippen LogP contribution in [0.1, 0.15) is 22.5 Å². The molecule has 3 heterocycles. The van der Waals surface area contributed by atoms with Crippen LogP contribution < -0.4 is 5.56 Å². The SMILES string of the molecule is Cc1ccc(/C=N/n2c3nc4ccccc4nc3c3c(=O)n(CCc4ccccc4)c(C)nc32)cc1. The molecule has 0 aliphatic rings. The Hall–Kier alpha value is -4.65. The largest absolute Gasteiger partial charge is 0.296 e. The van der Waals surface area contributed by atoms with Gasteiger partial charge in [0.1, 0.15) is 16.7 Å². The first-order valence-electron chi connectivity index (χ1n) is 11.9. The third-order valence-electron chi connectivity index (χ3n) is 6.40. The van der Waals surface area contributed by atoms with Crippen LogP contribution in [0.15, 0.2) is 88.8 Å². The molecule has 36 heavy (non-hydrogen) atoms. The van der Waals surface area contributed by atoms with Gasteiger partial charge in [-0.15, -0.1) is 0 Å². The van der Waals surface area contributed by atoms with Crippen LogP contribution in [0, 0.1) is 13.8 Å². The summed E-state index contributed by atoms with van der Waals surface area (Å²) in [6.45, 7) is 4.43. The molecule has 176 valence electrons. The quantitative estimate of drug-likeness (QED) is 0.330. The monoisotopic (exact) mass is 472 g/mol. The molecular formula is C29H24N6O. The Bertz CT molecular complexity index is 1820. The van der Waals surface area contributed by atoms with E-state index in [9.17, 15) is 4.79 Å². The number of hydrogen-bond acceptors (Lipinski definition) is 5. The van der Waals surface area contributed by atoms with Gasteiger partial charge in [-0.3, -0.25) is 9.36 Å². The number of benzene rings is 3. The molecule has 6 aromatic rings. The number of para-hydroxylation sites is 2. The second kappa shape index (κ2) is 8.85. The van der Waals surface area contributed by atoms with Gasteiger partial charge >= 0.3 is 0 Å². The predicted octanol–water partition coefficient (Wildman–Crippen LogP) is 5.04. The van der Waals surface area contributed by atoms with Crippen LogP contribution in [0.25, 0.3) is 33.2 Å². The van der Waals surface area contributed by atoms with Gasteiger partial charge in [0.15, 0.2) is 11.3 Å². The van der Waals surface area contributed by atoms with Gasteiger partial charge in [0, 0.05) is 6.54 Å². The molecule has 0 aliphatic heterocycles. The van der Waals surface area contributed by atoms with E-state index in [0.29, 0.717) is 34.6 Å². The van der Waals surface area contributed by atoms with Crippen molar-refractivity contribution in [2.24, 2.45) is 5.10 Å². The summed E-state index contributed by atoms with van der Waals surface area (Å²) in [7, 11) is 0. The lowest BCUT2D eigenvalue weighted by molar-refractivity contribution is 0.636. The topological polar surface area (TPSA) is 78.0 Å². The lowest BCUT2D eigenvalue weighted by atomic mass is 10.1. The van der Waals surface area contributed by atoms with Gasteiger partial charge in [-0.2, -0.15) is 9.78 Å². The lowest BCUT2D eigenvalue weighted by Crippen LogP contribution is -2.25. The van der Waals surface area contributed by atoms with Crippen LogP contribution in [-0.4, -0.2) is 30.4 Å². The van der Waals surface area contributed by atoms with Gasteiger partial charge in [0.2, 0.25) is 0 Å². The van der Waals surface area contributed by atoms with Crippen LogP contribution in [-0.2, 0) is 13.0 Å². The summed E-state index contributed by atoms with van der Waals surface area (Å²) in [5.41, 5.74) is 6.09. The van der Waals surface area contributed by atoms with E-state index >= 15 is 0 Å². The predicted molar refractivity (Wildman–Crippen MR) is 144 cm³/mol. The van der Waals surface area contributed by atoms with Crippen LogP contribution in [0.2, 0.25) is 0 Å². The van der Waals surface area contributed by atoms with Crippen LogP contribution in [0.4, 0.5) is 0 Å². The van der Waals surface area contributed by atoms with Gasteiger partial charge in [-0.25, -0.2) is 15.0 Å². The van der Waals surface area contributed by atoms with E-state index in [1.807, 2.05) is 80.6 Å². The molecule has 0 unspecified atom stereocenters. The summed E-state index contributed by atoms with van der Waals surface area (Å²) in [6, 6.07) is 25.9. The zero-order chi connectivity index (χ0) is 24.6. The Morgan fingerprint density at radius 2 is 1.50 bits per heavy atom. The normalized spacial score (nSPS) is 11.8. The molecule has 0 aliphatic carbocycles. The van der Waals surface area contributed by atoms with Crippen LogP contribution in [0.5, 0.6) is 0 Å². The summed E-state index contributed by atoms with van der Waals surface area (Å²) in [5, 5.41) is 5.15. The van der Waals surface area contributed by atoms with Crippen molar-refractivity contribution in [1.82, 2.24) is 24.2 Å². The van der Waals surface area contributed by atoms with Gasteiger partial charge < -0.3 is 0 Å². The molecule has 3 aromatic carbocycles. The third-order valence-corrected chi connectivity index (χ3v) is 6.40. The average Bonchev–Trinajstić information content (AvgIpc) is 3.19. The van der Waals surface area contributed by atoms with E-state index in [1.54, 1.807) is 15.5 Å². The summed E-state index contributed by atoms with van der Waals surface area (Å²) >= 11 is 0. The highest BCUT2D eigenvalue weighted by atomic mass is 16.1. The molecule has 0 amide bonds. The number of fused-ring (bicyclic) bond motifs is 4. The van der Waals surface area contributed by atoms with Crippen LogP contribution in [0.3, 0.4) is 0 Å². The van der Waals surface area contributed by atoms with Crippen molar-refractivity contribution >= 4 is 39.4 Å². The molecule has 0 radical (unpaired) electrons. The van der Waals surface area contributed by atoms with Crippen LogP contribution >= 0.6 is 0 Å². The van der Waals surface area contributed by atoms with Crippen molar-refractivity contribution < 1.29 is 0 Å². The minimum atomic E-state index is -0.132. The first kappa shape index (κ1) is 21.9. The second-order valence-electron chi connectivity index (χ2n) is 8.90. The zero-order valence-electron chi connectivity index (χ0n) is 20.1. The van der Waals surface area contributed by atoms with E-state index in [4.69, 9.17) is 20.1 Å². The maximum absolute atomic E-state index is 13.8. The summed E-state index contributed by atoms with van der Waals surface area (Å²) in [5.74, 6) is 0.627. The standard InChI is InChI=1S/C29H24N6O/c1-19-12-14-22(15-13-19)18-30-35-27-25(26-28(35)33-24-11-7-6-10-23(24)32-26)29(36)34(20(2)31-27)17-16-21-8-4-3-5-9-21/h3-15,18H,16-17H2,1-2H3/b30-18+. The number of hydrogen-bond donors (Lipinski definition) is 0. The lowest BCUT2D eigenvalue weighted by Gasteiger charge is -2.10. The Labute approximate surface area is 207 Å². The van der Waals surface area contributed by atoms with Crippen molar-refractivity contribution in [1.29, 1.82) is 0 Å². The van der Waals surface area contributed by atoms with Crippen molar-refractivity contribution in [2.75, 3.05) is 0 Å². The van der Waals surface area contributed by atoms with Crippen molar-refractivity contribution in [2.45, 2.75) is 26.8 Å². The second-order valence-corrected chi connectivity index (χ2v) is 8.90. The molecule has 0 atom stereocenters. The Morgan fingerprint density at radius 3 is 2.25 bits per heavy atom. The van der Waals surface area contributed by atoms with Gasteiger partial charge in [-0.05, 0) is 43.5 Å². The van der Waals surface area contributed by atoms with E-state index < -0.39 is 0 Å². The molecule has 0 saturated carbocycles. The molecular weight excluding hydrogens is 448 g/mol. The van der Waals surface area contributed by atoms with Crippen molar-refractivity contribution in [3.05, 3.63) is 112 Å². The zero-order valence-corrected chi connectivity index (χ0v) is 20.1. The number of aromatic nitrogens is 5. The Balaban J connectivity index is 1.57. The molecule has 7 nitrogen and oxygen atoms in total. The number of aryl methyl sites for hydroxylation is 3. The fourth-order valence-electron chi connectivity index (χ4n) is 4.45. The molecule has 7 heteroatoms. The summed E-state index contributed by atoms with van der Waals surface area (Å²) in [4.78, 5) is 28.3. The van der Waals surface area contributed by atoms with E-state index in [0.717, 1.165) is 23.0 Å². The molecule has 0 saturated heterocycles. The molecule has 0 spiro atoms. The Morgan fingerprint density at radius 1 is 0.806 bits per heavy atom. The molecule has 0 bridgehead atoms. The number of rotatable bonds is 5. The third kappa shape index (κ3) is 3.84. The summed E-state index contributed by atoms with van der Waals surface area (Å²) in [6.07, 6.45) is 2.49. The average molecular weight is 473 g/mol. The molecule has 6 rings (SSSR count). The minimum absolute atomic E-state index is 0.132. The highest BCUT2D eigenvalue weighted by Gasteiger charge is 2.21. The van der Waals surface area contributed by atoms with Gasteiger partial charge in [-0.1, -0.05) is 72.3 Å². The molecule has 0 N–H and O–H groups in total. The highest BCUT2D eigenvalue weighted by molar-refractivity contribution is 6.05. The van der Waals surface area contributed by atoms with E-state index in [-0.39, 0.29) is 5.56 Å². The molecule has 3 aromatic heterocycles. The van der Waals surface area contributed by atoms with Crippen molar-refractivity contribution in [3.8, 4) is 0 Å². The van der Waals surface area contributed by atoms with Crippen molar-refractivity contribution in [3.63, 3.8) is 0 Å². The van der Waals surface area contributed by atoms with E-state index in [2.05, 4.69) is 12.1 Å². The first-order valence-corrected chi connectivity index (χ1v) is 11.9. The first-order chi connectivity index (χ1) is 17.6. The smallest absolute Gasteiger partial charge is 0.265 e. The summed E-state index contributed by atoms with van der Waals surface area (Å²) < 4.78 is 3.36. The molecule has 0 fully saturated rings. The minimum Gasteiger partial charge on any atom is -0.296 e. The highest BCUT2D eigenvalue weighted by Crippen LogP contribution is 2.25. The van der Waals surface area contributed by atoms with Gasteiger partial charge in [0.25, 0.3) is 5.56 Å². The van der Waals surface area contributed by atoms with E-state index in [1.165, 1.54) is 11.1 Å². The van der Waals surface area contributed by atoms with Gasteiger partial charge in [0.05, 0.1) is 17.2 Å². The maximum atomic E-state index is 13.8. The Kier molecular flexibility index (Phi) is 5.37. The number of nitrogens with zero attached hydrogens (tertiary/aromatic N) is 6. The fraction of sp³-hybridized carbons (Fsp3) is 0.138. The fourth-order valence-corrected chi connectivity index (χ4v) is 4.45. The maximum Gasteiger partial charge on any atom is 0.265 e.